The molecular formula is C23H30N6O. The van der Waals surface area contributed by atoms with Gasteiger partial charge in [-0.3, -0.25) is 14.5 Å². The number of carbonyl (C=O) groups is 1. The largest absolute Gasteiger partial charge is 0.310 e. The van der Waals surface area contributed by atoms with Crippen molar-refractivity contribution in [2.45, 2.75) is 33.1 Å². The zero-order chi connectivity index (χ0) is 21.1. The van der Waals surface area contributed by atoms with Crippen LogP contribution in [0.5, 0.6) is 0 Å². The number of anilines is 1. The molecule has 0 saturated carbocycles. The second-order valence-electron chi connectivity index (χ2n) is 8.70. The summed E-state index contributed by atoms with van der Waals surface area (Å²) >= 11 is 0. The highest BCUT2D eigenvalue weighted by atomic mass is 16.1. The van der Waals surface area contributed by atoms with Gasteiger partial charge in [0.25, 0.3) is 0 Å². The number of aryl methyl sites for hydroxylation is 1. The van der Waals surface area contributed by atoms with Crippen molar-refractivity contribution in [3.63, 3.8) is 0 Å². The lowest BCUT2D eigenvalue weighted by Gasteiger charge is -2.22. The molecule has 0 radical (unpaired) electrons. The van der Waals surface area contributed by atoms with Crippen LogP contribution >= 0.6 is 0 Å². The third-order valence-electron chi connectivity index (χ3n) is 5.67. The zero-order valence-corrected chi connectivity index (χ0v) is 18.0. The maximum Gasteiger partial charge on any atom is 0.228 e. The molecule has 30 heavy (non-hydrogen) atoms. The average Bonchev–Trinajstić information content (AvgIpc) is 3.01. The zero-order valence-electron chi connectivity index (χ0n) is 18.0. The van der Waals surface area contributed by atoms with E-state index in [-0.39, 0.29) is 11.8 Å². The maximum atomic E-state index is 12.9. The summed E-state index contributed by atoms with van der Waals surface area (Å²) in [5.41, 5.74) is 1.82. The van der Waals surface area contributed by atoms with E-state index >= 15 is 0 Å². The van der Waals surface area contributed by atoms with Crippen LogP contribution in [0.2, 0.25) is 0 Å². The van der Waals surface area contributed by atoms with Crippen LogP contribution in [0.25, 0.3) is 22.0 Å². The van der Waals surface area contributed by atoms with Crippen LogP contribution < -0.4 is 5.32 Å². The molecule has 3 aromatic rings. The Morgan fingerprint density at radius 3 is 2.73 bits per heavy atom. The number of pyridine rings is 2. The van der Waals surface area contributed by atoms with E-state index in [2.05, 4.69) is 39.1 Å². The van der Waals surface area contributed by atoms with Crippen molar-refractivity contribution in [1.29, 1.82) is 0 Å². The number of aromatic nitrogens is 4. The summed E-state index contributed by atoms with van der Waals surface area (Å²) < 4.78 is 1.76. The first-order valence-corrected chi connectivity index (χ1v) is 10.8. The normalized spacial score (nSPS) is 17.9. The fraction of sp³-hybridized carbons (Fsp3) is 0.478. The highest BCUT2D eigenvalue weighted by Gasteiger charge is 2.23. The molecule has 3 aromatic heterocycles. The lowest BCUT2D eigenvalue weighted by Crippen LogP contribution is -2.29. The predicted octanol–water partition coefficient (Wildman–Crippen LogP) is 3.73. The Morgan fingerprint density at radius 1 is 1.13 bits per heavy atom. The highest BCUT2D eigenvalue weighted by molar-refractivity contribution is 5.94. The van der Waals surface area contributed by atoms with Gasteiger partial charge in [-0.25, -0.2) is 4.98 Å². The van der Waals surface area contributed by atoms with E-state index in [0.717, 1.165) is 60.9 Å². The smallest absolute Gasteiger partial charge is 0.228 e. The van der Waals surface area contributed by atoms with Crippen LogP contribution in [0.3, 0.4) is 0 Å². The van der Waals surface area contributed by atoms with Gasteiger partial charge >= 0.3 is 0 Å². The summed E-state index contributed by atoms with van der Waals surface area (Å²) in [7, 11) is 1.89. The summed E-state index contributed by atoms with van der Waals surface area (Å²) in [6, 6.07) is 3.94. The lowest BCUT2D eigenvalue weighted by atomic mass is 10.00. The van der Waals surface area contributed by atoms with Gasteiger partial charge in [0.15, 0.2) is 0 Å². The summed E-state index contributed by atoms with van der Waals surface area (Å²) in [5, 5.41) is 9.20. The van der Waals surface area contributed by atoms with E-state index in [4.69, 9.17) is 0 Å². The number of fused-ring (bicyclic) bond motifs is 1. The number of hydrogen-bond donors (Lipinski definition) is 1. The van der Waals surface area contributed by atoms with Crippen molar-refractivity contribution < 1.29 is 4.79 Å². The molecule has 7 nitrogen and oxygen atoms in total. The molecule has 1 aliphatic rings. The SMILES string of the molecule is CC(C)CN1CCCC(C(=O)Nc2cc3cc(-c4cnn(C)c4)ncc3cn2)CC1. The first kappa shape index (κ1) is 20.5. The van der Waals surface area contributed by atoms with E-state index in [1.165, 1.54) is 0 Å². The second-order valence-corrected chi connectivity index (χ2v) is 8.70. The monoisotopic (exact) mass is 406 g/mol. The van der Waals surface area contributed by atoms with Gasteiger partial charge in [-0.2, -0.15) is 5.10 Å². The minimum Gasteiger partial charge on any atom is -0.310 e. The topological polar surface area (TPSA) is 75.9 Å². The molecule has 0 aromatic carbocycles. The van der Waals surface area contributed by atoms with Gasteiger partial charge in [-0.1, -0.05) is 13.8 Å². The van der Waals surface area contributed by atoms with Crippen molar-refractivity contribution in [3.8, 4) is 11.3 Å². The van der Waals surface area contributed by atoms with Crippen LogP contribution in [-0.2, 0) is 11.8 Å². The quantitative estimate of drug-likeness (QED) is 0.699. The highest BCUT2D eigenvalue weighted by Crippen LogP contribution is 2.24. The Morgan fingerprint density at radius 2 is 1.97 bits per heavy atom. The first-order valence-electron chi connectivity index (χ1n) is 10.8. The summed E-state index contributed by atoms with van der Waals surface area (Å²) in [4.78, 5) is 24.3. The van der Waals surface area contributed by atoms with E-state index in [1.54, 1.807) is 17.1 Å². The number of carbonyl (C=O) groups excluding carboxylic acids is 1. The van der Waals surface area contributed by atoms with Gasteiger partial charge in [-0.05, 0) is 55.8 Å². The molecule has 0 bridgehead atoms. The molecule has 158 valence electrons. The summed E-state index contributed by atoms with van der Waals surface area (Å²) in [5.74, 6) is 1.38. The maximum absolute atomic E-state index is 12.9. The Labute approximate surface area is 177 Å². The van der Waals surface area contributed by atoms with Gasteiger partial charge in [0.2, 0.25) is 5.91 Å². The van der Waals surface area contributed by atoms with Crippen molar-refractivity contribution in [3.05, 3.63) is 36.9 Å². The molecule has 1 unspecified atom stereocenters. The van der Waals surface area contributed by atoms with Crippen molar-refractivity contribution >= 4 is 22.5 Å². The van der Waals surface area contributed by atoms with Gasteiger partial charge in [0.1, 0.15) is 5.82 Å². The molecular weight excluding hydrogens is 376 g/mol. The number of hydrogen-bond acceptors (Lipinski definition) is 5. The molecule has 1 N–H and O–H groups in total. The third kappa shape index (κ3) is 4.84. The van der Waals surface area contributed by atoms with Crippen LogP contribution in [-0.4, -0.2) is 50.2 Å². The van der Waals surface area contributed by atoms with Crippen molar-refractivity contribution in [2.75, 3.05) is 25.0 Å². The van der Waals surface area contributed by atoms with E-state index in [9.17, 15) is 4.79 Å². The lowest BCUT2D eigenvalue weighted by molar-refractivity contribution is -0.120. The molecule has 0 spiro atoms. The number of likely N-dealkylation sites (tertiary alicyclic amines) is 1. The van der Waals surface area contributed by atoms with Gasteiger partial charge in [0, 0.05) is 49.1 Å². The van der Waals surface area contributed by atoms with Crippen molar-refractivity contribution in [1.82, 2.24) is 24.6 Å². The molecule has 1 atom stereocenters. The summed E-state index contributed by atoms with van der Waals surface area (Å²) in [6.07, 6.45) is 10.2. The molecule has 0 aliphatic carbocycles. The molecule has 4 heterocycles. The predicted molar refractivity (Wildman–Crippen MR) is 119 cm³/mol. The molecule has 1 aliphatic heterocycles. The first-order chi connectivity index (χ1) is 14.5. The molecule has 1 amide bonds. The van der Waals surface area contributed by atoms with Crippen LogP contribution in [0.4, 0.5) is 5.82 Å². The fourth-order valence-electron chi connectivity index (χ4n) is 4.16. The number of nitrogens with one attached hydrogen (secondary N) is 1. The Bertz CT molecular complexity index is 1030. The van der Waals surface area contributed by atoms with Gasteiger partial charge < -0.3 is 10.2 Å². The van der Waals surface area contributed by atoms with Crippen LogP contribution in [0, 0.1) is 11.8 Å². The Kier molecular flexibility index (Phi) is 6.08. The Hall–Kier alpha value is -2.80. The van der Waals surface area contributed by atoms with E-state index < -0.39 is 0 Å². The fourth-order valence-corrected chi connectivity index (χ4v) is 4.16. The second kappa shape index (κ2) is 8.92. The van der Waals surface area contributed by atoms with Crippen molar-refractivity contribution in [2.24, 2.45) is 18.9 Å². The average molecular weight is 407 g/mol. The van der Waals surface area contributed by atoms with Gasteiger partial charge in [-0.15, -0.1) is 0 Å². The molecule has 1 saturated heterocycles. The van der Waals surface area contributed by atoms with Gasteiger partial charge in [0.05, 0.1) is 11.9 Å². The number of amides is 1. The molecule has 4 rings (SSSR count). The van der Waals surface area contributed by atoms with Crippen LogP contribution in [0.15, 0.2) is 36.9 Å². The summed E-state index contributed by atoms with van der Waals surface area (Å²) in [6.45, 7) is 7.67. The molecule has 7 heteroatoms. The van der Waals surface area contributed by atoms with E-state index in [0.29, 0.717) is 11.7 Å². The standard InChI is InChI=1S/C23H30N6O/c1-16(2)14-29-7-4-5-17(6-8-29)23(30)27-22-10-18-9-21(20-13-26-28(3)15-20)24-11-19(18)12-25-22/h9-13,15-17H,4-8,14H2,1-3H3,(H,25,27,30). The minimum absolute atomic E-state index is 0.0445. The Balaban J connectivity index is 1.46. The number of nitrogens with zero attached hydrogens (tertiary/aromatic N) is 5. The van der Waals surface area contributed by atoms with Crippen LogP contribution in [0.1, 0.15) is 33.1 Å². The molecule has 1 fully saturated rings. The van der Waals surface area contributed by atoms with E-state index in [1.807, 2.05) is 31.6 Å². The third-order valence-corrected chi connectivity index (χ3v) is 5.67. The minimum atomic E-state index is 0.0445. The number of rotatable bonds is 5.